The monoisotopic (exact) mass is 266 g/mol. The van der Waals surface area contributed by atoms with E-state index < -0.39 is 11.6 Å². The Morgan fingerprint density at radius 1 is 1.58 bits per heavy atom. The molecule has 0 aromatic heterocycles. The number of anilines is 1. The van der Waals surface area contributed by atoms with E-state index in [0.717, 1.165) is 6.42 Å². The van der Waals surface area contributed by atoms with Gasteiger partial charge in [0, 0.05) is 18.2 Å². The minimum Gasteiger partial charge on any atom is -0.360 e. The molecule has 1 fully saturated rings. The summed E-state index contributed by atoms with van der Waals surface area (Å²) in [5.74, 6) is -0.224. The van der Waals surface area contributed by atoms with Gasteiger partial charge in [0.2, 0.25) is 0 Å². The van der Waals surface area contributed by atoms with E-state index in [1.165, 1.54) is 13.0 Å². The second-order valence-corrected chi connectivity index (χ2v) is 4.66. The number of rotatable bonds is 4. The number of alkyl halides is 1. The van der Waals surface area contributed by atoms with Crippen molar-refractivity contribution >= 4 is 17.2 Å². The zero-order valence-electron chi connectivity index (χ0n) is 10.6. The van der Waals surface area contributed by atoms with E-state index in [1.54, 1.807) is 17.0 Å². The van der Waals surface area contributed by atoms with Crippen molar-refractivity contribution in [3.8, 4) is 0 Å². The van der Waals surface area contributed by atoms with Crippen LogP contribution in [0.2, 0.25) is 0 Å². The third-order valence-corrected chi connectivity index (χ3v) is 3.44. The molecule has 0 aliphatic carbocycles. The number of carbonyl (C=O) groups is 1. The number of halogens is 1. The molecule has 0 radical (unpaired) electrons. The average molecular weight is 266 g/mol. The topological polar surface area (TPSA) is 63.5 Å². The minimum atomic E-state index is -0.522. The van der Waals surface area contributed by atoms with E-state index in [2.05, 4.69) is 0 Å². The Labute approximate surface area is 110 Å². The molecule has 6 heteroatoms. The van der Waals surface area contributed by atoms with Gasteiger partial charge >= 0.3 is 0 Å². The van der Waals surface area contributed by atoms with Crippen molar-refractivity contribution in [1.82, 2.24) is 0 Å². The van der Waals surface area contributed by atoms with Gasteiger partial charge in [0.15, 0.2) is 5.78 Å². The lowest BCUT2D eigenvalue weighted by Gasteiger charge is -2.24. The molecule has 0 amide bonds. The largest absolute Gasteiger partial charge is 0.360 e. The quantitative estimate of drug-likeness (QED) is 0.477. The third-order valence-electron chi connectivity index (χ3n) is 3.44. The summed E-state index contributed by atoms with van der Waals surface area (Å²) in [4.78, 5) is 23.6. The Balaban J connectivity index is 2.45. The van der Waals surface area contributed by atoms with Crippen LogP contribution >= 0.6 is 0 Å². The molecule has 1 aromatic rings. The molecular formula is C13H15FN2O3. The van der Waals surface area contributed by atoms with Gasteiger partial charge in [0.25, 0.3) is 5.69 Å². The number of Topliss-reactive ketones (excluding diaryl/α,β-unsaturated/α-hetero) is 1. The zero-order valence-corrected chi connectivity index (χ0v) is 10.6. The normalized spacial score (nSPS) is 18.6. The standard InChI is InChI=1S/C13H15FN2O3/c1-9(17)10-4-5-12(13(7-10)16(18)19)15-6-2-3-11(15)8-14/h4-5,7,11H,2-3,6,8H2,1H3/t11-/m1/s1. The Morgan fingerprint density at radius 2 is 2.32 bits per heavy atom. The highest BCUT2D eigenvalue weighted by molar-refractivity contribution is 5.95. The van der Waals surface area contributed by atoms with Crippen LogP contribution in [0.4, 0.5) is 15.8 Å². The number of nitrogens with zero attached hydrogens (tertiary/aromatic N) is 2. The number of hydrogen-bond acceptors (Lipinski definition) is 4. The molecule has 19 heavy (non-hydrogen) atoms. The number of ketones is 1. The minimum absolute atomic E-state index is 0.131. The molecule has 0 spiro atoms. The predicted octanol–water partition coefficient (Wildman–Crippen LogP) is 2.74. The van der Waals surface area contributed by atoms with Crippen LogP contribution in [0.1, 0.15) is 30.1 Å². The summed E-state index contributed by atoms with van der Waals surface area (Å²) < 4.78 is 12.9. The van der Waals surface area contributed by atoms with E-state index in [-0.39, 0.29) is 17.5 Å². The van der Waals surface area contributed by atoms with Crippen LogP contribution in [0.25, 0.3) is 0 Å². The van der Waals surface area contributed by atoms with Gasteiger partial charge in [-0.1, -0.05) is 0 Å². The molecule has 0 bridgehead atoms. The van der Waals surface area contributed by atoms with Crippen molar-refractivity contribution < 1.29 is 14.1 Å². The van der Waals surface area contributed by atoms with E-state index in [0.29, 0.717) is 24.2 Å². The third kappa shape index (κ3) is 2.57. The first-order valence-corrected chi connectivity index (χ1v) is 6.16. The van der Waals surface area contributed by atoms with Crippen molar-refractivity contribution in [2.24, 2.45) is 0 Å². The van der Waals surface area contributed by atoms with Crippen LogP contribution in [-0.2, 0) is 0 Å². The van der Waals surface area contributed by atoms with Crippen LogP contribution in [0.3, 0.4) is 0 Å². The first-order chi connectivity index (χ1) is 9.04. The summed E-state index contributed by atoms with van der Waals surface area (Å²) in [6.07, 6.45) is 1.52. The summed E-state index contributed by atoms with van der Waals surface area (Å²) >= 11 is 0. The second-order valence-electron chi connectivity index (χ2n) is 4.66. The van der Waals surface area contributed by atoms with Gasteiger partial charge < -0.3 is 4.90 Å². The van der Waals surface area contributed by atoms with Crippen LogP contribution in [0.15, 0.2) is 18.2 Å². The first kappa shape index (κ1) is 13.5. The molecule has 1 heterocycles. The molecule has 2 rings (SSSR count). The fourth-order valence-electron chi connectivity index (χ4n) is 2.44. The Morgan fingerprint density at radius 3 is 2.89 bits per heavy atom. The SMILES string of the molecule is CC(=O)c1ccc(N2CCC[C@@H]2CF)c([N+](=O)[O-])c1. The van der Waals surface area contributed by atoms with E-state index in [9.17, 15) is 19.3 Å². The van der Waals surface area contributed by atoms with Gasteiger partial charge in [-0.15, -0.1) is 0 Å². The lowest BCUT2D eigenvalue weighted by atomic mass is 10.1. The van der Waals surface area contributed by atoms with Gasteiger partial charge in [-0.3, -0.25) is 14.9 Å². The lowest BCUT2D eigenvalue weighted by Crippen LogP contribution is -2.31. The molecular weight excluding hydrogens is 251 g/mol. The smallest absolute Gasteiger partial charge is 0.293 e. The number of carbonyl (C=O) groups excluding carboxylic acids is 1. The maximum Gasteiger partial charge on any atom is 0.293 e. The number of nitro groups is 1. The molecule has 1 aromatic carbocycles. The van der Waals surface area contributed by atoms with Crippen molar-refractivity contribution in [3.05, 3.63) is 33.9 Å². The van der Waals surface area contributed by atoms with Crippen molar-refractivity contribution in [2.75, 3.05) is 18.1 Å². The highest BCUT2D eigenvalue weighted by Crippen LogP contribution is 2.34. The molecule has 0 unspecified atom stereocenters. The van der Waals surface area contributed by atoms with E-state index in [4.69, 9.17) is 0 Å². The molecule has 1 atom stereocenters. The highest BCUT2D eigenvalue weighted by atomic mass is 19.1. The fourth-order valence-corrected chi connectivity index (χ4v) is 2.44. The van der Waals surface area contributed by atoms with Gasteiger partial charge in [0.1, 0.15) is 12.4 Å². The molecule has 102 valence electrons. The Hall–Kier alpha value is -1.98. The Kier molecular flexibility index (Phi) is 3.78. The van der Waals surface area contributed by atoms with Crippen molar-refractivity contribution in [1.29, 1.82) is 0 Å². The fraction of sp³-hybridized carbons (Fsp3) is 0.462. The summed E-state index contributed by atoms with van der Waals surface area (Å²) in [5.41, 5.74) is 0.564. The van der Waals surface area contributed by atoms with Crippen LogP contribution in [0, 0.1) is 10.1 Å². The maximum absolute atomic E-state index is 12.9. The van der Waals surface area contributed by atoms with Crippen LogP contribution in [0.5, 0.6) is 0 Å². The van der Waals surface area contributed by atoms with Gasteiger partial charge in [-0.2, -0.15) is 0 Å². The Bertz CT molecular complexity index is 519. The van der Waals surface area contributed by atoms with Crippen LogP contribution < -0.4 is 4.90 Å². The maximum atomic E-state index is 12.9. The molecule has 5 nitrogen and oxygen atoms in total. The van der Waals surface area contributed by atoms with Crippen molar-refractivity contribution in [3.63, 3.8) is 0 Å². The molecule has 0 N–H and O–H groups in total. The van der Waals surface area contributed by atoms with E-state index in [1.807, 2.05) is 0 Å². The summed E-state index contributed by atoms with van der Waals surface area (Å²) in [7, 11) is 0. The summed E-state index contributed by atoms with van der Waals surface area (Å²) in [6, 6.07) is 4.06. The lowest BCUT2D eigenvalue weighted by molar-refractivity contribution is -0.384. The number of nitro benzene ring substituents is 1. The zero-order chi connectivity index (χ0) is 14.0. The number of benzene rings is 1. The van der Waals surface area contributed by atoms with Gasteiger partial charge in [-0.25, -0.2) is 4.39 Å². The van der Waals surface area contributed by atoms with Crippen LogP contribution in [-0.4, -0.2) is 30.0 Å². The van der Waals surface area contributed by atoms with Gasteiger partial charge in [-0.05, 0) is 31.9 Å². The molecule has 1 aliphatic rings. The molecule has 0 saturated carbocycles. The average Bonchev–Trinajstić information content (AvgIpc) is 2.85. The molecule has 1 aliphatic heterocycles. The predicted molar refractivity (Wildman–Crippen MR) is 69.4 cm³/mol. The molecule has 1 saturated heterocycles. The number of hydrogen-bond donors (Lipinski definition) is 0. The summed E-state index contributed by atoms with van der Waals surface area (Å²) in [6.45, 7) is 1.44. The summed E-state index contributed by atoms with van der Waals surface area (Å²) in [5, 5.41) is 11.1. The van der Waals surface area contributed by atoms with E-state index >= 15 is 0 Å². The second kappa shape index (κ2) is 5.34. The van der Waals surface area contributed by atoms with Gasteiger partial charge in [0.05, 0.1) is 11.0 Å². The highest BCUT2D eigenvalue weighted by Gasteiger charge is 2.30. The first-order valence-electron chi connectivity index (χ1n) is 6.16. The van der Waals surface area contributed by atoms with Crippen molar-refractivity contribution in [2.45, 2.75) is 25.8 Å².